The summed E-state index contributed by atoms with van der Waals surface area (Å²) in [4.78, 5) is 7.52. The molecule has 0 spiro atoms. The minimum Gasteiger partial charge on any atom is -0.234 e. The fraction of sp³-hybridized carbons (Fsp3) is 0.111. The molecule has 0 radical (unpaired) electrons. The van der Waals surface area contributed by atoms with E-state index in [4.69, 9.17) is 11.6 Å². The first-order chi connectivity index (χ1) is 5.74. The first-order valence-electron chi connectivity index (χ1n) is 3.50. The van der Waals surface area contributed by atoms with Crippen molar-refractivity contribution in [3.05, 3.63) is 29.8 Å². The summed E-state index contributed by atoms with van der Waals surface area (Å²) in [6.45, 7) is 5.24. The minimum absolute atomic E-state index is 0.171. The highest BCUT2D eigenvalue weighted by Gasteiger charge is 1.94. The van der Waals surface area contributed by atoms with Gasteiger partial charge in [0.2, 0.25) is 5.29 Å². The Labute approximate surface area is 76.6 Å². The Morgan fingerprint density at radius 3 is 2.67 bits per heavy atom. The molecule has 12 heavy (non-hydrogen) atoms. The molecule has 0 saturated carbocycles. The second-order valence-electron chi connectivity index (χ2n) is 2.33. The zero-order chi connectivity index (χ0) is 8.97. The maximum absolute atomic E-state index is 5.59. The molecular weight excluding hydrogens is 172 g/mol. The molecule has 0 saturated heterocycles. The van der Waals surface area contributed by atoms with Crippen LogP contribution >= 0.6 is 11.6 Å². The minimum atomic E-state index is 0.171. The molecule has 1 rings (SSSR count). The van der Waals surface area contributed by atoms with Crippen molar-refractivity contribution in [2.24, 2.45) is 9.98 Å². The Bertz CT molecular complexity index is 318. The summed E-state index contributed by atoms with van der Waals surface area (Å²) in [7, 11) is 0. The number of hydrogen-bond donors (Lipinski definition) is 0. The molecule has 62 valence electrons. The van der Waals surface area contributed by atoms with Gasteiger partial charge in [0.15, 0.2) is 0 Å². The second-order valence-corrected chi connectivity index (χ2v) is 2.66. The van der Waals surface area contributed by atoms with Gasteiger partial charge in [-0.2, -0.15) is 0 Å². The predicted octanol–water partition coefficient (Wildman–Crippen LogP) is 2.92. The first-order valence-corrected chi connectivity index (χ1v) is 3.88. The quantitative estimate of drug-likeness (QED) is 0.361. The maximum Gasteiger partial charge on any atom is 0.222 e. The van der Waals surface area contributed by atoms with Crippen LogP contribution in [0.3, 0.4) is 0 Å². The summed E-state index contributed by atoms with van der Waals surface area (Å²) in [5.74, 6) is 0. The topological polar surface area (TPSA) is 24.7 Å². The van der Waals surface area contributed by atoms with Crippen molar-refractivity contribution < 1.29 is 0 Å². The molecule has 3 heteroatoms. The molecule has 0 fully saturated rings. The van der Waals surface area contributed by atoms with Gasteiger partial charge < -0.3 is 0 Å². The van der Waals surface area contributed by atoms with Crippen molar-refractivity contribution in [1.29, 1.82) is 0 Å². The van der Waals surface area contributed by atoms with Gasteiger partial charge in [-0.1, -0.05) is 18.2 Å². The third kappa shape index (κ3) is 2.17. The molecule has 0 aliphatic rings. The van der Waals surface area contributed by atoms with Gasteiger partial charge in [-0.15, -0.1) is 0 Å². The summed E-state index contributed by atoms with van der Waals surface area (Å²) in [5, 5.41) is 0.171. The van der Waals surface area contributed by atoms with E-state index in [1.165, 1.54) is 0 Å². The molecule has 2 nitrogen and oxygen atoms in total. The van der Waals surface area contributed by atoms with Crippen molar-refractivity contribution in [3.8, 4) is 0 Å². The summed E-state index contributed by atoms with van der Waals surface area (Å²) in [5.41, 5.74) is 1.90. The Balaban J connectivity index is 3.04. The standard InChI is InChI=1S/C9H9ClN2/c1-7-5-3-4-6-8(7)12-9(10)11-2/h3-6H,2H2,1H3/b12-9-. The number of aliphatic imine (C=N–C) groups is 2. The van der Waals surface area contributed by atoms with Gasteiger partial charge in [-0.25, -0.2) is 9.98 Å². The van der Waals surface area contributed by atoms with Gasteiger partial charge in [0.05, 0.1) is 5.69 Å². The summed E-state index contributed by atoms with van der Waals surface area (Å²) in [6, 6.07) is 7.69. The van der Waals surface area contributed by atoms with E-state index < -0.39 is 0 Å². The number of para-hydroxylation sites is 1. The molecule has 0 bridgehead atoms. The van der Waals surface area contributed by atoms with Crippen LogP contribution < -0.4 is 0 Å². The van der Waals surface area contributed by atoms with Crippen LogP contribution in [0.1, 0.15) is 5.56 Å². The number of amidine groups is 1. The highest BCUT2D eigenvalue weighted by atomic mass is 35.5. The van der Waals surface area contributed by atoms with Gasteiger partial charge in [0.1, 0.15) is 0 Å². The van der Waals surface area contributed by atoms with Gasteiger partial charge in [-0.05, 0) is 36.9 Å². The van der Waals surface area contributed by atoms with E-state index in [0.29, 0.717) is 0 Å². The molecule has 0 amide bonds. The molecule has 0 N–H and O–H groups in total. The largest absolute Gasteiger partial charge is 0.234 e. The van der Waals surface area contributed by atoms with E-state index in [2.05, 4.69) is 16.7 Å². The number of hydrogen-bond acceptors (Lipinski definition) is 1. The summed E-state index contributed by atoms with van der Waals surface area (Å²) < 4.78 is 0. The van der Waals surface area contributed by atoms with Crippen LogP contribution in [0.2, 0.25) is 0 Å². The molecule has 0 aliphatic heterocycles. The maximum atomic E-state index is 5.59. The first kappa shape index (κ1) is 8.94. The smallest absolute Gasteiger partial charge is 0.222 e. The zero-order valence-electron chi connectivity index (χ0n) is 6.79. The Morgan fingerprint density at radius 1 is 1.42 bits per heavy atom. The Hall–Kier alpha value is -1.15. The van der Waals surface area contributed by atoms with Gasteiger partial charge in [-0.3, -0.25) is 0 Å². The van der Waals surface area contributed by atoms with Crippen molar-refractivity contribution in [1.82, 2.24) is 0 Å². The van der Waals surface area contributed by atoms with Crippen LogP contribution in [0, 0.1) is 6.92 Å². The normalized spacial score (nSPS) is 11.3. The average Bonchev–Trinajstić information content (AvgIpc) is 2.09. The molecule has 1 aromatic rings. The van der Waals surface area contributed by atoms with Crippen LogP contribution in [0.4, 0.5) is 5.69 Å². The molecule has 1 aromatic carbocycles. The third-order valence-corrected chi connectivity index (χ3v) is 1.66. The SMILES string of the molecule is C=N/C(Cl)=N\c1ccccc1C. The Kier molecular flexibility index (Phi) is 3.00. The van der Waals surface area contributed by atoms with Gasteiger partial charge >= 0.3 is 0 Å². The number of nitrogens with zero attached hydrogens (tertiary/aromatic N) is 2. The number of halogens is 1. The fourth-order valence-corrected chi connectivity index (χ4v) is 0.915. The average molecular weight is 181 g/mol. The van der Waals surface area contributed by atoms with E-state index in [-0.39, 0.29) is 5.29 Å². The lowest BCUT2D eigenvalue weighted by molar-refractivity contribution is 1.39. The highest BCUT2D eigenvalue weighted by Crippen LogP contribution is 2.17. The second kappa shape index (κ2) is 4.02. The molecule has 0 unspecified atom stereocenters. The highest BCUT2D eigenvalue weighted by molar-refractivity contribution is 6.65. The van der Waals surface area contributed by atoms with E-state index in [1.807, 2.05) is 31.2 Å². The predicted molar refractivity (Wildman–Crippen MR) is 53.7 cm³/mol. The van der Waals surface area contributed by atoms with Crippen LogP contribution in [-0.2, 0) is 0 Å². The number of rotatable bonds is 1. The molecule has 0 heterocycles. The fourth-order valence-electron chi connectivity index (χ4n) is 0.824. The van der Waals surface area contributed by atoms with Crippen LogP contribution in [0.25, 0.3) is 0 Å². The molecule has 0 aliphatic carbocycles. The van der Waals surface area contributed by atoms with Crippen molar-refractivity contribution >= 4 is 29.3 Å². The van der Waals surface area contributed by atoms with Crippen molar-refractivity contribution in [2.75, 3.05) is 0 Å². The van der Waals surface area contributed by atoms with Crippen molar-refractivity contribution in [3.63, 3.8) is 0 Å². The monoisotopic (exact) mass is 180 g/mol. The molecule has 0 aromatic heterocycles. The number of benzene rings is 1. The van der Waals surface area contributed by atoms with Crippen molar-refractivity contribution in [2.45, 2.75) is 6.92 Å². The van der Waals surface area contributed by atoms with E-state index in [1.54, 1.807) is 0 Å². The molecular formula is C9H9ClN2. The molecule has 0 atom stereocenters. The van der Waals surface area contributed by atoms with Gasteiger partial charge in [0, 0.05) is 0 Å². The van der Waals surface area contributed by atoms with Gasteiger partial charge in [0.25, 0.3) is 0 Å². The Morgan fingerprint density at radius 2 is 2.08 bits per heavy atom. The van der Waals surface area contributed by atoms with E-state index in [0.717, 1.165) is 11.3 Å². The lowest BCUT2D eigenvalue weighted by Gasteiger charge is -1.97. The van der Waals surface area contributed by atoms with Crippen LogP contribution in [0.15, 0.2) is 34.3 Å². The number of aryl methyl sites for hydroxylation is 1. The lowest BCUT2D eigenvalue weighted by atomic mass is 10.2. The van der Waals surface area contributed by atoms with E-state index in [9.17, 15) is 0 Å². The lowest BCUT2D eigenvalue weighted by Crippen LogP contribution is -1.79. The summed E-state index contributed by atoms with van der Waals surface area (Å²) in [6.07, 6.45) is 0. The van der Waals surface area contributed by atoms with E-state index >= 15 is 0 Å². The summed E-state index contributed by atoms with van der Waals surface area (Å²) >= 11 is 5.59. The third-order valence-electron chi connectivity index (χ3n) is 1.46. The van der Waals surface area contributed by atoms with Crippen LogP contribution in [0.5, 0.6) is 0 Å². The van der Waals surface area contributed by atoms with Crippen LogP contribution in [-0.4, -0.2) is 12.0 Å². The zero-order valence-corrected chi connectivity index (χ0v) is 7.54.